The summed E-state index contributed by atoms with van der Waals surface area (Å²) in [6, 6.07) is 8.77. The second-order valence-electron chi connectivity index (χ2n) is 5.20. The van der Waals surface area contributed by atoms with Crippen LogP contribution in [-0.2, 0) is 14.3 Å². The number of esters is 1. The minimum Gasteiger partial charge on any atom is -0.465 e. The SMILES string of the molecule is CCOC(=O)CN/N=C(\C(=O)c1ccccc1)C(=S)N1CCOCC1. The molecule has 1 N–H and O–H groups in total. The highest BCUT2D eigenvalue weighted by atomic mass is 32.1. The van der Waals surface area contributed by atoms with Crippen LogP contribution < -0.4 is 5.43 Å². The number of morpholine rings is 1. The van der Waals surface area contributed by atoms with Crippen LogP contribution in [0.25, 0.3) is 0 Å². The van der Waals surface area contributed by atoms with Gasteiger partial charge in [-0.2, -0.15) is 5.10 Å². The summed E-state index contributed by atoms with van der Waals surface area (Å²) in [5.74, 6) is -0.747. The Balaban J connectivity index is 2.16. The van der Waals surface area contributed by atoms with Gasteiger partial charge in [-0.05, 0) is 6.92 Å². The molecule has 1 fully saturated rings. The molecule has 25 heavy (non-hydrogen) atoms. The number of carbonyl (C=O) groups is 2. The van der Waals surface area contributed by atoms with Crippen LogP contribution in [0.2, 0.25) is 0 Å². The maximum Gasteiger partial charge on any atom is 0.327 e. The van der Waals surface area contributed by atoms with E-state index in [2.05, 4.69) is 10.5 Å². The van der Waals surface area contributed by atoms with Gasteiger partial charge in [0.05, 0.1) is 19.8 Å². The molecule has 0 atom stereocenters. The highest BCUT2D eigenvalue weighted by Gasteiger charge is 2.25. The summed E-state index contributed by atoms with van der Waals surface area (Å²) < 4.78 is 10.1. The number of thiocarbonyl (C=S) groups is 1. The molecule has 1 heterocycles. The fourth-order valence-electron chi connectivity index (χ4n) is 2.23. The normalized spacial score (nSPS) is 14.8. The van der Waals surface area contributed by atoms with E-state index in [9.17, 15) is 9.59 Å². The number of ketones is 1. The minimum absolute atomic E-state index is 0.104. The average Bonchev–Trinajstić information content (AvgIpc) is 2.66. The summed E-state index contributed by atoms with van der Waals surface area (Å²) in [5.41, 5.74) is 3.17. The second kappa shape index (κ2) is 9.85. The average molecular weight is 363 g/mol. The van der Waals surface area contributed by atoms with Crippen LogP contribution in [0.5, 0.6) is 0 Å². The predicted octanol–water partition coefficient (Wildman–Crippen LogP) is 1.04. The van der Waals surface area contributed by atoms with Gasteiger partial charge in [-0.15, -0.1) is 0 Å². The van der Waals surface area contributed by atoms with Gasteiger partial charge in [0.15, 0.2) is 5.71 Å². The van der Waals surface area contributed by atoms with Gasteiger partial charge < -0.3 is 14.4 Å². The molecule has 1 aliphatic heterocycles. The largest absolute Gasteiger partial charge is 0.465 e. The number of nitrogens with zero attached hydrogens (tertiary/aromatic N) is 2. The van der Waals surface area contributed by atoms with Gasteiger partial charge in [0, 0.05) is 18.7 Å². The first-order chi connectivity index (χ1) is 12.1. The van der Waals surface area contributed by atoms with E-state index >= 15 is 0 Å². The molecule has 0 aliphatic carbocycles. The number of nitrogens with one attached hydrogen (secondary N) is 1. The van der Waals surface area contributed by atoms with E-state index in [4.69, 9.17) is 21.7 Å². The molecule has 134 valence electrons. The Bertz CT molecular complexity index is 643. The molecule has 1 aromatic rings. The van der Waals surface area contributed by atoms with Crippen molar-refractivity contribution in [2.24, 2.45) is 5.10 Å². The van der Waals surface area contributed by atoms with Gasteiger partial charge in [0.2, 0.25) is 5.78 Å². The van der Waals surface area contributed by atoms with E-state index < -0.39 is 5.97 Å². The maximum atomic E-state index is 12.8. The zero-order valence-corrected chi connectivity index (χ0v) is 14.9. The van der Waals surface area contributed by atoms with Crippen molar-refractivity contribution in [3.05, 3.63) is 35.9 Å². The quantitative estimate of drug-likeness (QED) is 0.255. The smallest absolute Gasteiger partial charge is 0.327 e. The highest BCUT2D eigenvalue weighted by molar-refractivity contribution is 7.82. The van der Waals surface area contributed by atoms with E-state index in [-0.39, 0.29) is 24.6 Å². The fraction of sp³-hybridized carbons (Fsp3) is 0.412. The second-order valence-corrected chi connectivity index (χ2v) is 5.59. The van der Waals surface area contributed by atoms with E-state index in [1.807, 2.05) is 11.0 Å². The first-order valence-electron chi connectivity index (χ1n) is 8.06. The van der Waals surface area contributed by atoms with E-state index in [1.54, 1.807) is 31.2 Å². The molecule has 0 spiro atoms. The van der Waals surface area contributed by atoms with Gasteiger partial charge in [0.25, 0.3) is 0 Å². The molecular formula is C17H21N3O4S. The van der Waals surface area contributed by atoms with Crippen molar-refractivity contribution in [2.45, 2.75) is 6.92 Å². The van der Waals surface area contributed by atoms with Gasteiger partial charge in [0.1, 0.15) is 11.5 Å². The third kappa shape index (κ3) is 5.61. The van der Waals surface area contributed by atoms with Crippen LogP contribution in [0.15, 0.2) is 35.4 Å². The van der Waals surface area contributed by atoms with Gasteiger partial charge in [-0.1, -0.05) is 42.5 Å². The van der Waals surface area contributed by atoms with Crippen LogP contribution in [0, 0.1) is 0 Å². The third-order valence-electron chi connectivity index (χ3n) is 3.47. The van der Waals surface area contributed by atoms with Crippen molar-refractivity contribution in [1.29, 1.82) is 0 Å². The Morgan fingerprint density at radius 2 is 1.96 bits per heavy atom. The minimum atomic E-state index is -0.449. The van der Waals surface area contributed by atoms with Crippen LogP contribution in [0.4, 0.5) is 0 Å². The molecule has 0 bridgehead atoms. The third-order valence-corrected chi connectivity index (χ3v) is 3.92. The Kier molecular flexibility index (Phi) is 7.49. The number of carbonyl (C=O) groups excluding carboxylic acids is 2. The van der Waals surface area contributed by atoms with Crippen LogP contribution in [0.1, 0.15) is 17.3 Å². The predicted molar refractivity (Wildman–Crippen MR) is 97.8 cm³/mol. The number of hydrogen-bond donors (Lipinski definition) is 1. The molecule has 0 amide bonds. The van der Waals surface area contributed by atoms with Gasteiger partial charge in [-0.3, -0.25) is 15.0 Å². The molecule has 8 heteroatoms. The summed E-state index contributed by atoms with van der Waals surface area (Å²) in [6.45, 7) is 4.15. The zero-order valence-electron chi connectivity index (χ0n) is 14.1. The lowest BCUT2D eigenvalue weighted by Crippen LogP contribution is -2.45. The maximum absolute atomic E-state index is 12.8. The van der Waals surface area contributed by atoms with Crippen molar-refractivity contribution in [3.8, 4) is 0 Å². The molecule has 0 saturated carbocycles. The topological polar surface area (TPSA) is 80.2 Å². The van der Waals surface area contributed by atoms with Crippen LogP contribution in [0.3, 0.4) is 0 Å². The molecule has 7 nitrogen and oxygen atoms in total. The first-order valence-corrected chi connectivity index (χ1v) is 8.47. The lowest BCUT2D eigenvalue weighted by Gasteiger charge is -2.29. The first kappa shape index (κ1) is 19.0. The van der Waals surface area contributed by atoms with Crippen LogP contribution >= 0.6 is 12.2 Å². The Morgan fingerprint density at radius 1 is 1.28 bits per heavy atom. The van der Waals surface area contributed by atoms with Crippen molar-refractivity contribution >= 4 is 34.7 Å². The van der Waals surface area contributed by atoms with Crippen LogP contribution in [-0.4, -0.2) is 66.8 Å². The van der Waals surface area contributed by atoms with E-state index in [0.717, 1.165) is 0 Å². The Morgan fingerprint density at radius 3 is 2.60 bits per heavy atom. The summed E-state index contributed by atoms with van der Waals surface area (Å²) in [4.78, 5) is 26.5. The standard InChI is InChI=1S/C17H21N3O4S/c1-2-24-14(21)12-18-19-15(16(22)13-6-4-3-5-7-13)17(25)20-8-10-23-11-9-20/h3-7,18H,2,8-12H2,1H3/b19-15+. The number of benzene rings is 1. The van der Waals surface area contributed by atoms with Crippen molar-refractivity contribution in [2.75, 3.05) is 39.5 Å². The number of Topliss-reactive ketones (excluding diaryl/α,β-unsaturated/α-hetero) is 1. The molecular weight excluding hydrogens is 342 g/mol. The number of rotatable bonds is 7. The van der Waals surface area contributed by atoms with Gasteiger partial charge in [-0.25, -0.2) is 0 Å². The number of hydrazone groups is 1. The molecule has 1 aliphatic rings. The molecule has 1 saturated heterocycles. The Hall–Kier alpha value is -2.32. The lowest BCUT2D eigenvalue weighted by atomic mass is 10.1. The van der Waals surface area contributed by atoms with Gasteiger partial charge >= 0.3 is 5.97 Å². The lowest BCUT2D eigenvalue weighted by molar-refractivity contribution is -0.141. The Labute approximate surface area is 152 Å². The molecule has 1 aromatic carbocycles. The summed E-state index contributed by atoms with van der Waals surface area (Å²) in [7, 11) is 0. The van der Waals surface area contributed by atoms with E-state index in [0.29, 0.717) is 36.9 Å². The fourth-order valence-corrected chi connectivity index (χ4v) is 2.55. The van der Waals surface area contributed by atoms with Crippen molar-refractivity contribution in [3.63, 3.8) is 0 Å². The molecule has 0 unspecified atom stereocenters. The zero-order chi connectivity index (χ0) is 18.1. The number of hydrogen-bond acceptors (Lipinski definition) is 7. The highest BCUT2D eigenvalue weighted by Crippen LogP contribution is 2.07. The molecule has 0 radical (unpaired) electrons. The monoisotopic (exact) mass is 363 g/mol. The van der Waals surface area contributed by atoms with Crippen molar-refractivity contribution in [1.82, 2.24) is 10.3 Å². The summed E-state index contributed by atoms with van der Waals surface area (Å²) in [5, 5.41) is 4.09. The van der Waals surface area contributed by atoms with E-state index in [1.165, 1.54) is 0 Å². The summed E-state index contributed by atoms with van der Waals surface area (Å²) >= 11 is 5.46. The molecule has 2 rings (SSSR count). The summed E-state index contributed by atoms with van der Waals surface area (Å²) in [6.07, 6.45) is 0. The van der Waals surface area contributed by atoms with Crippen molar-refractivity contribution < 1.29 is 19.1 Å². The number of ether oxygens (including phenoxy) is 2. The molecule has 0 aromatic heterocycles.